The van der Waals surface area contributed by atoms with Gasteiger partial charge < -0.3 is 5.32 Å². The molecular weight excluding hydrogens is 267 g/mol. The lowest BCUT2D eigenvalue weighted by Gasteiger charge is -2.24. The van der Waals surface area contributed by atoms with Crippen LogP contribution in [0.1, 0.15) is 25.7 Å². The van der Waals surface area contributed by atoms with Crippen LogP contribution in [0.2, 0.25) is 0 Å². The first kappa shape index (κ1) is 10.4. The van der Waals surface area contributed by atoms with Gasteiger partial charge in [0.25, 0.3) is 0 Å². The zero-order chi connectivity index (χ0) is 9.97. The maximum Gasteiger partial charge on any atom is 0.183 e. The Labute approximate surface area is 95.1 Å². The molecule has 0 atom stereocenters. The van der Waals surface area contributed by atoms with E-state index >= 15 is 0 Å². The van der Waals surface area contributed by atoms with Crippen LogP contribution in [-0.2, 0) is 0 Å². The molecule has 0 radical (unpaired) electrons. The zero-order valence-corrected chi connectivity index (χ0v) is 10.1. The maximum absolute atomic E-state index is 12.9. The van der Waals surface area contributed by atoms with Crippen LogP contribution in [0.4, 0.5) is 9.52 Å². The molecule has 0 amide bonds. The topological polar surface area (TPSA) is 24.9 Å². The van der Waals surface area contributed by atoms with Crippen molar-refractivity contribution < 1.29 is 4.39 Å². The number of nitrogens with one attached hydrogen (secondary N) is 1. The fourth-order valence-corrected chi connectivity index (χ4v) is 2.88. The summed E-state index contributed by atoms with van der Waals surface area (Å²) in [4.78, 5) is 4.20. The summed E-state index contributed by atoms with van der Waals surface area (Å²) >= 11 is 4.95. The summed E-state index contributed by atoms with van der Waals surface area (Å²) in [7, 11) is 0. The molecular formula is C9H12BrFN2S. The number of halogens is 2. The van der Waals surface area contributed by atoms with Crippen LogP contribution >= 0.6 is 27.3 Å². The van der Waals surface area contributed by atoms with Crippen molar-refractivity contribution >= 4 is 32.4 Å². The molecule has 0 spiro atoms. The van der Waals surface area contributed by atoms with Crippen molar-refractivity contribution in [3.8, 4) is 0 Å². The summed E-state index contributed by atoms with van der Waals surface area (Å²) in [6.07, 6.45) is 4.40. The molecule has 2 nitrogen and oxygen atoms in total. The van der Waals surface area contributed by atoms with Gasteiger partial charge in [0.15, 0.2) is 5.13 Å². The van der Waals surface area contributed by atoms with E-state index in [0.29, 0.717) is 18.9 Å². The smallest absolute Gasteiger partial charge is 0.183 e. The highest BCUT2D eigenvalue weighted by atomic mass is 79.9. The van der Waals surface area contributed by atoms with Gasteiger partial charge in [0.05, 0.1) is 9.98 Å². The van der Waals surface area contributed by atoms with Crippen LogP contribution in [0.3, 0.4) is 0 Å². The van der Waals surface area contributed by atoms with Gasteiger partial charge in [-0.25, -0.2) is 9.37 Å². The summed E-state index contributed by atoms with van der Waals surface area (Å²) in [5.41, 5.74) is 0. The highest BCUT2D eigenvalue weighted by Gasteiger charge is 2.20. The second-order valence-corrected chi connectivity index (χ2v) is 5.97. The summed E-state index contributed by atoms with van der Waals surface area (Å²) in [6.45, 7) is 0. The third-order valence-corrected chi connectivity index (χ3v) is 3.87. The number of nitrogens with zero attached hydrogens (tertiary/aromatic N) is 1. The Bertz CT molecular complexity index is 297. The van der Waals surface area contributed by atoms with E-state index in [4.69, 9.17) is 0 Å². The van der Waals surface area contributed by atoms with Gasteiger partial charge in [-0.15, -0.1) is 0 Å². The van der Waals surface area contributed by atoms with Gasteiger partial charge >= 0.3 is 0 Å². The van der Waals surface area contributed by atoms with Gasteiger partial charge in [-0.05, 0) is 41.6 Å². The van der Waals surface area contributed by atoms with Gasteiger partial charge in [0.2, 0.25) is 0 Å². The summed E-state index contributed by atoms with van der Waals surface area (Å²) in [5, 5.41) is 4.26. The van der Waals surface area contributed by atoms with E-state index in [9.17, 15) is 4.39 Å². The molecule has 0 aliphatic heterocycles. The van der Waals surface area contributed by atoms with E-state index in [1.165, 1.54) is 0 Å². The van der Waals surface area contributed by atoms with E-state index in [1.807, 2.05) is 0 Å². The lowest BCUT2D eigenvalue weighted by atomic mass is 9.94. The van der Waals surface area contributed by atoms with Crippen LogP contribution in [0.25, 0.3) is 0 Å². The van der Waals surface area contributed by atoms with Crippen molar-refractivity contribution in [2.45, 2.75) is 37.9 Å². The fraction of sp³-hybridized carbons (Fsp3) is 0.667. The molecule has 1 aliphatic rings. The van der Waals surface area contributed by atoms with E-state index in [-0.39, 0.29) is 0 Å². The highest BCUT2D eigenvalue weighted by molar-refractivity contribution is 9.11. The van der Waals surface area contributed by atoms with Gasteiger partial charge in [-0.2, -0.15) is 0 Å². The van der Waals surface area contributed by atoms with Crippen LogP contribution < -0.4 is 5.32 Å². The minimum Gasteiger partial charge on any atom is -0.359 e. The number of aromatic nitrogens is 1. The molecule has 5 heteroatoms. The Hall–Kier alpha value is -0.160. The molecule has 1 fully saturated rings. The number of alkyl halides is 1. The summed E-state index contributed by atoms with van der Waals surface area (Å²) < 4.78 is 13.9. The monoisotopic (exact) mass is 278 g/mol. The Balaban J connectivity index is 1.86. The molecule has 0 unspecified atom stereocenters. The third-order valence-electron chi connectivity index (χ3n) is 2.46. The average Bonchev–Trinajstić information content (AvgIpc) is 2.56. The SMILES string of the molecule is FC1CCC(Nc2ncc(Br)s2)CC1. The van der Waals surface area contributed by atoms with Crippen molar-refractivity contribution in [3.63, 3.8) is 0 Å². The number of hydrogen-bond acceptors (Lipinski definition) is 3. The molecule has 0 saturated heterocycles. The van der Waals surface area contributed by atoms with Crippen molar-refractivity contribution in [3.05, 3.63) is 9.98 Å². The second-order valence-electron chi connectivity index (χ2n) is 3.56. The van der Waals surface area contributed by atoms with Gasteiger partial charge in [-0.1, -0.05) is 11.3 Å². The zero-order valence-electron chi connectivity index (χ0n) is 7.67. The van der Waals surface area contributed by atoms with E-state index in [1.54, 1.807) is 17.5 Å². The van der Waals surface area contributed by atoms with E-state index in [2.05, 4.69) is 26.2 Å². The van der Waals surface area contributed by atoms with Crippen LogP contribution in [0.15, 0.2) is 9.98 Å². The highest BCUT2D eigenvalue weighted by Crippen LogP contribution is 2.28. The van der Waals surface area contributed by atoms with Crippen LogP contribution in [0, 0.1) is 0 Å². The summed E-state index contributed by atoms with van der Waals surface area (Å²) in [6, 6.07) is 0.403. The molecule has 1 saturated carbocycles. The lowest BCUT2D eigenvalue weighted by molar-refractivity contribution is 0.242. The van der Waals surface area contributed by atoms with Crippen molar-refractivity contribution in [2.75, 3.05) is 5.32 Å². The molecule has 0 aromatic carbocycles. The van der Waals surface area contributed by atoms with Gasteiger partial charge in [0.1, 0.15) is 6.17 Å². The number of thiazole rings is 1. The minimum absolute atomic E-state index is 0.403. The molecule has 1 aromatic heterocycles. The van der Waals surface area contributed by atoms with E-state index in [0.717, 1.165) is 21.8 Å². The van der Waals surface area contributed by atoms with Crippen LogP contribution in [0.5, 0.6) is 0 Å². The third kappa shape index (κ3) is 2.67. The van der Waals surface area contributed by atoms with Crippen molar-refractivity contribution in [1.29, 1.82) is 0 Å². The minimum atomic E-state index is -0.587. The molecule has 1 N–H and O–H groups in total. The molecule has 1 aliphatic carbocycles. The average molecular weight is 279 g/mol. The van der Waals surface area contributed by atoms with Crippen LogP contribution in [-0.4, -0.2) is 17.2 Å². The number of rotatable bonds is 2. The second kappa shape index (κ2) is 4.57. The Morgan fingerprint density at radius 3 is 2.71 bits per heavy atom. The number of anilines is 1. The molecule has 0 bridgehead atoms. The normalized spacial score (nSPS) is 27.6. The fourth-order valence-electron chi connectivity index (χ4n) is 1.69. The first-order valence-corrected chi connectivity index (χ1v) is 6.37. The first-order chi connectivity index (χ1) is 6.74. The lowest BCUT2D eigenvalue weighted by Crippen LogP contribution is -2.26. The Kier molecular flexibility index (Phi) is 3.38. The maximum atomic E-state index is 12.9. The number of hydrogen-bond donors (Lipinski definition) is 1. The van der Waals surface area contributed by atoms with Gasteiger partial charge in [-0.3, -0.25) is 0 Å². The first-order valence-electron chi connectivity index (χ1n) is 4.76. The summed E-state index contributed by atoms with van der Waals surface area (Å²) in [5.74, 6) is 0. The van der Waals surface area contributed by atoms with Crippen molar-refractivity contribution in [1.82, 2.24) is 4.98 Å². The predicted octanol–water partition coefficient (Wildman–Crippen LogP) is 3.60. The largest absolute Gasteiger partial charge is 0.359 e. The van der Waals surface area contributed by atoms with Gasteiger partial charge in [0, 0.05) is 6.04 Å². The molecule has 14 heavy (non-hydrogen) atoms. The standard InChI is InChI=1S/C9H12BrFN2S/c10-8-5-12-9(14-8)13-7-3-1-6(11)2-4-7/h5-7H,1-4H2,(H,12,13). The quantitative estimate of drug-likeness (QED) is 0.894. The Morgan fingerprint density at radius 2 is 2.14 bits per heavy atom. The van der Waals surface area contributed by atoms with E-state index < -0.39 is 6.17 Å². The predicted molar refractivity (Wildman–Crippen MR) is 60.6 cm³/mol. The molecule has 78 valence electrons. The molecule has 2 rings (SSSR count). The Morgan fingerprint density at radius 1 is 1.43 bits per heavy atom. The van der Waals surface area contributed by atoms with Crippen molar-refractivity contribution in [2.24, 2.45) is 0 Å². The molecule has 1 heterocycles. The molecule has 1 aromatic rings.